The molecule has 4 aromatic rings. The van der Waals surface area contributed by atoms with Crippen LogP contribution in [0.3, 0.4) is 0 Å². The van der Waals surface area contributed by atoms with Crippen LogP contribution in [0.15, 0.2) is 64.4 Å². The van der Waals surface area contributed by atoms with Crippen LogP contribution in [0.25, 0.3) is 22.5 Å². The molecule has 2 aromatic heterocycles. The molecule has 0 saturated heterocycles. The highest BCUT2D eigenvalue weighted by atomic mass is 32.2. The Morgan fingerprint density at radius 3 is 2.52 bits per heavy atom. The summed E-state index contributed by atoms with van der Waals surface area (Å²) in [5.41, 5.74) is 4.05. The number of nitrogens with zero attached hydrogens (tertiary/aromatic N) is 5. The summed E-state index contributed by atoms with van der Waals surface area (Å²) in [6.07, 6.45) is 4.82. The van der Waals surface area contributed by atoms with Gasteiger partial charge >= 0.3 is 0 Å². The van der Waals surface area contributed by atoms with Crippen molar-refractivity contribution in [2.75, 3.05) is 6.26 Å². The topological polar surface area (TPSA) is 89.4 Å². The van der Waals surface area contributed by atoms with Crippen LogP contribution < -0.4 is 5.56 Å². The van der Waals surface area contributed by atoms with Gasteiger partial charge < -0.3 is 0 Å². The van der Waals surface area contributed by atoms with Crippen LogP contribution in [0.1, 0.15) is 31.2 Å². The van der Waals surface area contributed by atoms with Crippen LogP contribution in [-0.2, 0) is 13.0 Å². The number of hydrogen-bond donors (Lipinski definition) is 1. The second kappa shape index (κ2) is 9.70. The van der Waals surface area contributed by atoms with Gasteiger partial charge in [0, 0.05) is 18.1 Å². The molecule has 0 spiro atoms. The predicted octanol–water partition coefficient (Wildman–Crippen LogP) is 4.20. The first-order chi connectivity index (χ1) is 15.2. The van der Waals surface area contributed by atoms with Crippen molar-refractivity contribution >= 4 is 11.8 Å². The van der Waals surface area contributed by atoms with Crippen molar-refractivity contribution < 1.29 is 0 Å². The standard InChI is InChI=1S/C23H24N6OS/c1-3-4-9-20-24-21(31-2)14-22(30)29(20)15-16-10-12-17(13-11-16)18-7-5-6-8-19(18)23-25-27-28-26-23/h5-8,10-14H,3-4,9,15H2,1-2H3,(H,25,26,27,28). The molecule has 0 atom stereocenters. The molecule has 1 N–H and O–H groups in total. The lowest BCUT2D eigenvalue weighted by Crippen LogP contribution is -2.25. The van der Waals surface area contributed by atoms with E-state index < -0.39 is 0 Å². The van der Waals surface area contributed by atoms with Gasteiger partial charge in [-0.3, -0.25) is 9.36 Å². The molecule has 31 heavy (non-hydrogen) atoms. The number of rotatable bonds is 8. The number of nitrogens with one attached hydrogen (secondary N) is 1. The molecular formula is C23H24N6OS. The van der Waals surface area contributed by atoms with E-state index in [1.807, 2.05) is 30.5 Å². The lowest BCUT2D eigenvalue weighted by atomic mass is 9.98. The first-order valence-electron chi connectivity index (χ1n) is 10.3. The third-order valence-corrected chi connectivity index (χ3v) is 5.77. The van der Waals surface area contributed by atoms with Gasteiger partial charge in [0.2, 0.25) is 5.82 Å². The van der Waals surface area contributed by atoms with Gasteiger partial charge in [0.1, 0.15) is 10.9 Å². The molecule has 0 aliphatic rings. The Hall–Kier alpha value is -3.26. The number of aromatic nitrogens is 6. The summed E-state index contributed by atoms with van der Waals surface area (Å²) >= 11 is 1.50. The third kappa shape index (κ3) is 4.74. The van der Waals surface area contributed by atoms with Crippen LogP contribution in [0.5, 0.6) is 0 Å². The van der Waals surface area contributed by atoms with E-state index in [-0.39, 0.29) is 5.56 Å². The molecular weight excluding hydrogens is 408 g/mol. The minimum absolute atomic E-state index is 0.00279. The van der Waals surface area contributed by atoms with Gasteiger partial charge in [0.15, 0.2) is 0 Å². The summed E-state index contributed by atoms with van der Waals surface area (Å²) in [6, 6.07) is 17.8. The van der Waals surface area contributed by atoms with Crippen LogP contribution in [0.4, 0.5) is 0 Å². The average molecular weight is 433 g/mol. The van der Waals surface area contributed by atoms with Gasteiger partial charge in [-0.05, 0) is 34.6 Å². The minimum Gasteiger partial charge on any atom is -0.292 e. The summed E-state index contributed by atoms with van der Waals surface area (Å²) in [5, 5.41) is 15.2. The van der Waals surface area contributed by atoms with Crippen molar-refractivity contribution in [1.82, 2.24) is 30.2 Å². The van der Waals surface area contributed by atoms with Crippen LogP contribution in [0, 0.1) is 0 Å². The Morgan fingerprint density at radius 2 is 1.84 bits per heavy atom. The summed E-state index contributed by atoms with van der Waals surface area (Å²) in [5.74, 6) is 1.41. The van der Waals surface area contributed by atoms with Gasteiger partial charge in [-0.15, -0.1) is 22.0 Å². The SMILES string of the molecule is CCCCc1nc(SC)cc(=O)n1Cc1ccc(-c2ccccc2-c2nn[nH]n2)cc1. The monoisotopic (exact) mass is 432 g/mol. The number of H-pyrrole nitrogens is 1. The summed E-state index contributed by atoms with van der Waals surface area (Å²) in [7, 11) is 0. The van der Waals surface area contributed by atoms with Crippen molar-refractivity contribution in [3.8, 4) is 22.5 Å². The first kappa shape index (κ1) is 21.0. The van der Waals surface area contributed by atoms with Gasteiger partial charge in [-0.25, -0.2) is 4.98 Å². The molecule has 4 rings (SSSR count). The molecule has 0 fully saturated rings. The number of aromatic amines is 1. The zero-order chi connectivity index (χ0) is 21.6. The maximum Gasteiger partial charge on any atom is 0.254 e. The zero-order valence-corrected chi connectivity index (χ0v) is 18.4. The lowest BCUT2D eigenvalue weighted by molar-refractivity contribution is 0.623. The fourth-order valence-electron chi connectivity index (χ4n) is 3.51. The zero-order valence-electron chi connectivity index (χ0n) is 17.6. The highest BCUT2D eigenvalue weighted by molar-refractivity contribution is 7.98. The van der Waals surface area contributed by atoms with Crippen molar-refractivity contribution in [3.63, 3.8) is 0 Å². The highest BCUT2D eigenvalue weighted by Crippen LogP contribution is 2.29. The van der Waals surface area contributed by atoms with Crippen LogP contribution in [0.2, 0.25) is 0 Å². The van der Waals surface area contributed by atoms with Crippen LogP contribution >= 0.6 is 11.8 Å². The van der Waals surface area contributed by atoms with E-state index in [9.17, 15) is 4.79 Å². The number of unbranched alkanes of at least 4 members (excludes halogenated alkanes) is 1. The Morgan fingerprint density at radius 1 is 1.06 bits per heavy atom. The second-order valence-electron chi connectivity index (χ2n) is 7.22. The highest BCUT2D eigenvalue weighted by Gasteiger charge is 2.12. The Bertz CT molecular complexity index is 1200. The molecule has 0 unspecified atom stereocenters. The van der Waals surface area contributed by atoms with Crippen molar-refractivity contribution in [1.29, 1.82) is 0 Å². The molecule has 8 heteroatoms. The average Bonchev–Trinajstić information content (AvgIpc) is 3.34. The number of aryl methyl sites for hydroxylation is 1. The number of tetrazole rings is 1. The van der Waals surface area contributed by atoms with E-state index >= 15 is 0 Å². The van der Waals surface area contributed by atoms with E-state index in [0.717, 1.165) is 52.4 Å². The molecule has 0 amide bonds. The lowest BCUT2D eigenvalue weighted by Gasteiger charge is -2.14. The number of thioether (sulfide) groups is 1. The van der Waals surface area contributed by atoms with E-state index in [4.69, 9.17) is 4.98 Å². The Balaban J connectivity index is 1.63. The van der Waals surface area contributed by atoms with E-state index in [0.29, 0.717) is 12.4 Å². The molecule has 2 heterocycles. The normalized spacial score (nSPS) is 11.0. The Labute approximate surface area is 184 Å². The molecule has 0 aliphatic carbocycles. The second-order valence-corrected chi connectivity index (χ2v) is 8.05. The van der Waals surface area contributed by atoms with E-state index in [1.165, 1.54) is 11.8 Å². The first-order valence-corrected chi connectivity index (χ1v) is 11.5. The van der Waals surface area contributed by atoms with Gasteiger partial charge in [-0.1, -0.05) is 61.9 Å². The maximum absolute atomic E-state index is 12.7. The quantitative estimate of drug-likeness (QED) is 0.331. The summed E-state index contributed by atoms with van der Waals surface area (Å²) in [4.78, 5) is 17.4. The molecule has 7 nitrogen and oxygen atoms in total. The van der Waals surface area contributed by atoms with Gasteiger partial charge in [0.05, 0.1) is 6.54 Å². The molecule has 0 aliphatic heterocycles. The van der Waals surface area contributed by atoms with Gasteiger partial charge in [0.25, 0.3) is 5.56 Å². The predicted molar refractivity (Wildman–Crippen MR) is 123 cm³/mol. The molecule has 0 bridgehead atoms. The fraction of sp³-hybridized carbons (Fsp3) is 0.261. The van der Waals surface area contributed by atoms with Crippen LogP contribution in [-0.4, -0.2) is 36.4 Å². The molecule has 0 saturated carbocycles. The number of hydrogen-bond acceptors (Lipinski definition) is 6. The fourth-order valence-corrected chi connectivity index (χ4v) is 3.92. The van der Waals surface area contributed by atoms with Crippen molar-refractivity contribution in [3.05, 3.63) is 76.3 Å². The number of benzene rings is 2. The minimum atomic E-state index is -0.00279. The smallest absolute Gasteiger partial charge is 0.254 e. The van der Waals surface area contributed by atoms with E-state index in [1.54, 1.807) is 10.6 Å². The summed E-state index contributed by atoms with van der Waals surface area (Å²) in [6.45, 7) is 2.65. The van der Waals surface area contributed by atoms with Crippen molar-refractivity contribution in [2.24, 2.45) is 0 Å². The van der Waals surface area contributed by atoms with Gasteiger partial charge in [-0.2, -0.15) is 5.21 Å². The Kier molecular flexibility index (Phi) is 6.57. The largest absolute Gasteiger partial charge is 0.292 e. The van der Waals surface area contributed by atoms with Crippen molar-refractivity contribution in [2.45, 2.75) is 37.8 Å². The molecule has 0 radical (unpaired) electrons. The third-order valence-electron chi connectivity index (χ3n) is 5.15. The maximum atomic E-state index is 12.7. The van der Waals surface area contributed by atoms with E-state index in [2.05, 4.69) is 51.8 Å². The molecule has 2 aromatic carbocycles. The molecule has 158 valence electrons. The summed E-state index contributed by atoms with van der Waals surface area (Å²) < 4.78 is 1.79.